The SMILES string of the molecule is COc1cc(C)c(NC(=O)C2(n3cccn3)CCNCC2)cc1OC. The van der Waals surface area contributed by atoms with Gasteiger partial charge < -0.3 is 20.1 Å². The molecule has 2 aromatic rings. The summed E-state index contributed by atoms with van der Waals surface area (Å²) < 4.78 is 12.4. The van der Waals surface area contributed by atoms with Crippen molar-refractivity contribution in [2.45, 2.75) is 25.3 Å². The molecule has 7 nitrogen and oxygen atoms in total. The van der Waals surface area contributed by atoms with Crippen molar-refractivity contribution in [3.05, 3.63) is 36.2 Å². The number of ether oxygens (including phenoxy) is 2. The molecule has 134 valence electrons. The molecule has 0 bridgehead atoms. The first kappa shape index (κ1) is 17.3. The topological polar surface area (TPSA) is 77.4 Å². The van der Waals surface area contributed by atoms with Gasteiger partial charge in [-0.3, -0.25) is 9.48 Å². The highest BCUT2D eigenvalue weighted by Gasteiger charge is 2.42. The van der Waals surface area contributed by atoms with Gasteiger partial charge in [0.25, 0.3) is 5.91 Å². The van der Waals surface area contributed by atoms with Gasteiger partial charge in [0.05, 0.1) is 14.2 Å². The third-order valence-corrected chi connectivity index (χ3v) is 4.78. The van der Waals surface area contributed by atoms with Crippen LogP contribution in [-0.4, -0.2) is 43.0 Å². The van der Waals surface area contributed by atoms with E-state index < -0.39 is 5.54 Å². The fraction of sp³-hybridized carbons (Fsp3) is 0.444. The van der Waals surface area contributed by atoms with Crippen LogP contribution in [0.3, 0.4) is 0 Å². The third-order valence-electron chi connectivity index (χ3n) is 4.78. The van der Waals surface area contributed by atoms with Crippen LogP contribution in [0.5, 0.6) is 11.5 Å². The first-order valence-electron chi connectivity index (χ1n) is 8.35. The highest BCUT2D eigenvalue weighted by Crippen LogP contribution is 2.35. The second-order valence-corrected chi connectivity index (χ2v) is 6.21. The molecule has 0 radical (unpaired) electrons. The number of piperidine rings is 1. The Hall–Kier alpha value is -2.54. The maximum atomic E-state index is 13.2. The zero-order valence-electron chi connectivity index (χ0n) is 14.8. The maximum Gasteiger partial charge on any atom is 0.252 e. The number of aromatic nitrogens is 2. The lowest BCUT2D eigenvalue weighted by atomic mass is 9.87. The van der Waals surface area contributed by atoms with E-state index >= 15 is 0 Å². The van der Waals surface area contributed by atoms with Gasteiger partial charge in [-0.25, -0.2) is 0 Å². The molecule has 1 aliphatic heterocycles. The van der Waals surface area contributed by atoms with E-state index in [1.165, 1.54) is 0 Å². The second kappa shape index (κ2) is 7.14. The molecule has 3 rings (SSSR count). The standard InChI is InChI=1S/C18H24N4O3/c1-13-11-15(24-2)16(25-3)12-14(13)21-17(23)18(5-8-19-9-6-18)22-10-4-7-20-22/h4,7,10-12,19H,5-6,8-9H2,1-3H3,(H,21,23). The highest BCUT2D eigenvalue weighted by atomic mass is 16.5. The van der Waals surface area contributed by atoms with Crippen LogP contribution >= 0.6 is 0 Å². The van der Waals surface area contributed by atoms with Crippen LogP contribution in [-0.2, 0) is 10.3 Å². The smallest absolute Gasteiger partial charge is 0.252 e. The summed E-state index contributed by atoms with van der Waals surface area (Å²) >= 11 is 0. The Bertz CT molecular complexity index is 737. The Kier molecular flexibility index (Phi) is 4.94. The summed E-state index contributed by atoms with van der Waals surface area (Å²) in [5, 5.41) is 10.7. The molecule has 1 aliphatic rings. The third kappa shape index (κ3) is 3.19. The molecule has 0 atom stereocenters. The number of carbonyl (C=O) groups is 1. The van der Waals surface area contributed by atoms with E-state index in [-0.39, 0.29) is 5.91 Å². The molecular weight excluding hydrogens is 320 g/mol. The summed E-state index contributed by atoms with van der Waals surface area (Å²) in [6.45, 7) is 3.48. The van der Waals surface area contributed by atoms with E-state index in [0.717, 1.165) is 18.7 Å². The zero-order valence-corrected chi connectivity index (χ0v) is 14.8. The number of anilines is 1. The molecule has 0 unspecified atom stereocenters. The molecule has 1 amide bonds. The monoisotopic (exact) mass is 344 g/mol. The Morgan fingerprint density at radius 3 is 2.52 bits per heavy atom. The minimum atomic E-state index is -0.686. The number of aryl methyl sites for hydroxylation is 1. The van der Waals surface area contributed by atoms with Crippen LogP contribution in [0, 0.1) is 6.92 Å². The van der Waals surface area contributed by atoms with Crippen LogP contribution in [0.25, 0.3) is 0 Å². The van der Waals surface area contributed by atoms with Gasteiger partial charge >= 0.3 is 0 Å². The van der Waals surface area contributed by atoms with Gasteiger partial charge in [-0.2, -0.15) is 5.10 Å². The number of nitrogens with zero attached hydrogens (tertiary/aromatic N) is 2. The van der Waals surface area contributed by atoms with Crippen molar-refractivity contribution in [3.8, 4) is 11.5 Å². The van der Waals surface area contributed by atoms with Gasteiger partial charge in [0, 0.05) is 24.1 Å². The van der Waals surface area contributed by atoms with Crippen molar-refractivity contribution in [3.63, 3.8) is 0 Å². The van der Waals surface area contributed by atoms with E-state index in [4.69, 9.17) is 9.47 Å². The summed E-state index contributed by atoms with van der Waals surface area (Å²) in [4.78, 5) is 13.2. The molecule has 1 fully saturated rings. The highest BCUT2D eigenvalue weighted by molar-refractivity contribution is 5.97. The molecule has 1 aromatic carbocycles. The van der Waals surface area contributed by atoms with Crippen molar-refractivity contribution in [2.75, 3.05) is 32.6 Å². The molecule has 1 saturated heterocycles. The van der Waals surface area contributed by atoms with Crippen molar-refractivity contribution >= 4 is 11.6 Å². The number of nitrogens with one attached hydrogen (secondary N) is 2. The molecule has 0 saturated carbocycles. The molecule has 2 heterocycles. The van der Waals surface area contributed by atoms with Crippen LogP contribution in [0.15, 0.2) is 30.6 Å². The number of hydrogen-bond acceptors (Lipinski definition) is 5. The van der Waals surface area contributed by atoms with E-state index in [1.807, 2.05) is 25.3 Å². The average molecular weight is 344 g/mol. The number of amides is 1. The number of rotatable bonds is 5. The lowest BCUT2D eigenvalue weighted by Gasteiger charge is -2.36. The molecule has 1 aromatic heterocycles. The van der Waals surface area contributed by atoms with E-state index in [9.17, 15) is 4.79 Å². The minimum Gasteiger partial charge on any atom is -0.493 e. The summed E-state index contributed by atoms with van der Waals surface area (Å²) in [5.41, 5.74) is 0.942. The predicted molar refractivity (Wildman–Crippen MR) is 95.2 cm³/mol. The quantitative estimate of drug-likeness (QED) is 0.867. The summed E-state index contributed by atoms with van der Waals surface area (Å²) in [6, 6.07) is 5.50. The first-order valence-corrected chi connectivity index (χ1v) is 8.35. The van der Waals surface area contributed by atoms with E-state index in [1.54, 1.807) is 31.2 Å². The predicted octanol–water partition coefficient (Wildman–Crippen LogP) is 1.93. The van der Waals surface area contributed by atoms with Crippen molar-refractivity contribution in [1.29, 1.82) is 0 Å². The van der Waals surface area contributed by atoms with Gasteiger partial charge in [0.2, 0.25) is 0 Å². The van der Waals surface area contributed by atoms with Crippen molar-refractivity contribution in [1.82, 2.24) is 15.1 Å². The second-order valence-electron chi connectivity index (χ2n) is 6.21. The fourth-order valence-electron chi connectivity index (χ4n) is 3.28. The molecule has 25 heavy (non-hydrogen) atoms. The minimum absolute atomic E-state index is 0.0620. The van der Waals surface area contributed by atoms with E-state index in [0.29, 0.717) is 30.0 Å². The first-order chi connectivity index (χ1) is 12.1. The molecule has 0 aliphatic carbocycles. The van der Waals surface area contributed by atoms with Crippen LogP contribution in [0.2, 0.25) is 0 Å². The Balaban J connectivity index is 1.92. The summed E-state index contributed by atoms with van der Waals surface area (Å²) in [7, 11) is 3.17. The molecule has 0 spiro atoms. The number of hydrogen-bond donors (Lipinski definition) is 2. The van der Waals surface area contributed by atoms with Crippen LogP contribution in [0.4, 0.5) is 5.69 Å². The Labute approximate surface area is 147 Å². The van der Waals surface area contributed by atoms with Gasteiger partial charge in [0.1, 0.15) is 5.54 Å². The van der Waals surface area contributed by atoms with E-state index in [2.05, 4.69) is 15.7 Å². The largest absolute Gasteiger partial charge is 0.493 e. The lowest BCUT2D eigenvalue weighted by Crippen LogP contribution is -2.52. The van der Waals surface area contributed by atoms with Gasteiger partial charge in [-0.15, -0.1) is 0 Å². The molecule has 7 heteroatoms. The zero-order chi connectivity index (χ0) is 17.9. The van der Waals surface area contributed by atoms with Gasteiger partial charge in [-0.05, 0) is 50.6 Å². The van der Waals surface area contributed by atoms with Crippen LogP contribution < -0.4 is 20.1 Å². The van der Waals surface area contributed by atoms with Crippen molar-refractivity contribution in [2.24, 2.45) is 0 Å². The molecular formula is C18H24N4O3. The average Bonchev–Trinajstić information content (AvgIpc) is 3.18. The fourth-order valence-corrected chi connectivity index (χ4v) is 3.28. The summed E-state index contributed by atoms with van der Waals surface area (Å²) in [5.74, 6) is 1.16. The maximum absolute atomic E-state index is 13.2. The van der Waals surface area contributed by atoms with Gasteiger partial charge in [0.15, 0.2) is 11.5 Å². The number of benzene rings is 1. The molecule has 2 N–H and O–H groups in total. The van der Waals surface area contributed by atoms with Crippen LogP contribution in [0.1, 0.15) is 18.4 Å². The van der Waals surface area contributed by atoms with Crippen molar-refractivity contribution < 1.29 is 14.3 Å². The Morgan fingerprint density at radius 1 is 1.24 bits per heavy atom. The number of methoxy groups -OCH3 is 2. The normalized spacial score (nSPS) is 16.3. The number of carbonyl (C=O) groups excluding carboxylic acids is 1. The summed E-state index contributed by atoms with van der Waals surface area (Å²) in [6.07, 6.45) is 4.94. The lowest BCUT2D eigenvalue weighted by molar-refractivity contribution is -0.126. The Morgan fingerprint density at radius 2 is 1.92 bits per heavy atom. The van der Waals surface area contributed by atoms with Gasteiger partial charge in [-0.1, -0.05) is 0 Å².